The normalized spacial score (nSPS) is 11.5. The van der Waals surface area contributed by atoms with Crippen LogP contribution in [0.3, 0.4) is 0 Å². The maximum atomic E-state index is 9.20. The Balaban J connectivity index is 1.72. The molecule has 24 heavy (non-hydrogen) atoms. The van der Waals surface area contributed by atoms with Gasteiger partial charge in [-0.1, -0.05) is 42.5 Å². The third kappa shape index (κ3) is 4.41. The summed E-state index contributed by atoms with van der Waals surface area (Å²) in [6.07, 6.45) is 1.77. The number of benzene rings is 2. The Morgan fingerprint density at radius 1 is 1.08 bits per heavy atom. The van der Waals surface area contributed by atoms with Crippen LogP contribution >= 0.6 is 11.3 Å². The maximum Gasteiger partial charge on any atom is 0.0897 e. The molecule has 1 aromatic heterocycles. The summed E-state index contributed by atoms with van der Waals surface area (Å²) in [5.74, 6) is 0. The molecule has 3 nitrogen and oxygen atoms in total. The van der Waals surface area contributed by atoms with Crippen molar-refractivity contribution in [3.63, 3.8) is 0 Å². The molecular weight excluding hydrogens is 316 g/mol. The number of hydrogen-bond acceptors (Lipinski definition) is 4. The monoisotopic (exact) mass is 340 g/mol. The highest BCUT2D eigenvalue weighted by atomic mass is 32.1. The van der Waals surface area contributed by atoms with E-state index in [4.69, 9.17) is 0 Å². The first-order valence-electron chi connectivity index (χ1n) is 8.47. The van der Waals surface area contributed by atoms with Crippen molar-refractivity contribution in [1.82, 2.24) is 9.88 Å². The van der Waals surface area contributed by atoms with Gasteiger partial charge in [0.1, 0.15) is 0 Å². The van der Waals surface area contributed by atoms with E-state index in [0.29, 0.717) is 0 Å². The molecule has 0 atom stereocenters. The average molecular weight is 340 g/mol. The molecule has 0 radical (unpaired) electrons. The highest BCUT2D eigenvalue weighted by Crippen LogP contribution is 2.20. The van der Waals surface area contributed by atoms with E-state index in [1.54, 1.807) is 11.3 Å². The molecule has 1 N–H and O–H groups in total. The highest BCUT2D eigenvalue weighted by molar-refractivity contribution is 7.09. The fourth-order valence-corrected chi connectivity index (χ4v) is 3.68. The van der Waals surface area contributed by atoms with Gasteiger partial charge >= 0.3 is 0 Å². The van der Waals surface area contributed by atoms with Crippen LogP contribution in [0.5, 0.6) is 0 Å². The van der Waals surface area contributed by atoms with E-state index < -0.39 is 0 Å². The SMILES string of the molecule is Cc1nc(CCN(CCCO)Cc2cccc3ccccc23)cs1. The van der Waals surface area contributed by atoms with Crippen LogP contribution in [-0.4, -0.2) is 34.7 Å². The lowest BCUT2D eigenvalue weighted by Crippen LogP contribution is -2.27. The second-order valence-electron chi connectivity index (χ2n) is 6.10. The van der Waals surface area contributed by atoms with Gasteiger partial charge < -0.3 is 5.11 Å². The van der Waals surface area contributed by atoms with Crippen LogP contribution in [0.25, 0.3) is 10.8 Å². The van der Waals surface area contributed by atoms with Gasteiger partial charge in [-0.05, 0) is 29.7 Å². The zero-order valence-electron chi connectivity index (χ0n) is 14.1. The summed E-state index contributed by atoms with van der Waals surface area (Å²) in [7, 11) is 0. The number of fused-ring (bicyclic) bond motifs is 1. The molecule has 0 saturated heterocycles. The lowest BCUT2D eigenvalue weighted by molar-refractivity contribution is 0.220. The lowest BCUT2D eigenvalue weighted by atomic mass is 10.0. The molecule has 0 amide bonds. The summed E-state index contributed by atoms with van der Waals surface area (Å²) in [6, 6.07) is 15.0. The largest absolute Gasteiger partial charge is 0.396 e. The topological polar surface area (TPSA) is 36.4 Å². The van der Waals surface area contributed by atoms with Crippen molar-refractivity contribution < 1.29 is 5.11 Å². The number of rotatable bonds is 8. The third-order valence-corrected chi connectivity index (χ3v) is 5.08. The average Bonchev–Trinajstić information content (AvgIpc) is 3.03. The number of aromatic nitrogens is 1. The Labute approximate surface area is 147 Å². The number of aliphatic hydroxyl groups excluding tert-OH is 1. The fourth-order valence-electron chi connectivity index (χ4n) is 3.03. The molecule has 0 aliphatic rings. The molecule has 0 spiro atoms. The standard InChI is InChI=1S/C20H24N2OS/c1-16-21-19(15-24-16)10-12-22(11-5-13-23)14-18-8-4-7-17-6-2-3-9-20(17)18/h2-4,6-9,15,23H,5,10-14H2,1H3. The zero-order chi connectivity index (χ0) is 16.8. The van der Waals surface area contributed by atoms with Gasteiger partial charge in [-0.15, -0.1) is 11.3 Å². The van der Waals surface area contributed by atoms with Gasteiger partial charge in [-0.3, -0.25) is 4.90 Å². The van der Waals surface area contributed by atoms with Crippen molar-refractivity contribution >= 4 is 22.1 Å². The molecule has 3 rings (SSSR count). The van der Waals surface area contributed by atoms with Crippen LogP contribution in [0.2, 0.25) is 0 Å². The molecule has 0 saturated carbocycles. The second-order valence-corrected chi connectivity index (χ2v) is 7.16. The van der Waals surface area contributed by atoms with Crippen molar-refractivity contribution in [1.29, 1.82) is 0 Å². The zero-order valence-corrected chi connectivity index (χ0v) is 14.9. The third-order valence-electron chi connectivity index (χ3n) is 4.26. The second kappa shape index (κ2) is 8.38. The van der Waals surface area contributed by atoms with Crippen LogP contribution in [0.1, 0.15) is 22.7 Å². The van der Waals surface area contributed by atoms with E-state index in [1.807, 2.05) is 6.92 Å². The van der Waals surface area contributed by atoms with Gasteiger partial charge in [0.15, 0.2) is 0 Å². The van der Waals surface area contributed by atoms with E-state index in [2.05, 4.69) is 57.7 Å². The number of aryl methyl sites for hydroxylation is 1. The van der Waals surface area contributed by atoms with Crippen LogP contribution in [0.4, 0.5) is 0 Å². The van der Waals surface area contributed by atoms with E-state index in [9.17, 15) is 5.11 Å². The molecule has 3 aromatic rings. The number of hydrogen-bond donors (Lipinski definition) is 1. The minimum Gasteiger partial charge on any atom is -0.396 e. The first-order valence-corrected chi connectivity index (χ1v) is 9.35. The van der Waals surface area contributed by atoms with Crippen molar-refractivity contribution in [2.75, 3.05) is 19.7 Å². The Bertz CT molecular complexity index is 779. The van der Waals surface area contributed by atoms with Gasteiger partial charge in [0.05, 0.1) is 10.7 Å². The fraction of sp³-hybridized carbons (Fsp3) is 0.350. The van der Waals surface area contributed by atoms with Crippen molar-refractivity contribution in [3.05, 3.63) is 64.1 Å². The molecule has 0 bridgehead atoms. The summed E-state index contributed by atoms with van der Waals surface area (Å²) in [5, 5.41) is 15.1. The Morgan fingerprint density at radius 3 is 2.71 bits per heavy atom. The van der Waals surface area contributed by atoms with E-state index >= 15 is 0 Å². The molecule has 0 fully saturated rings. The molecule has 126 valence electrons. The number of aliphatic hydroxyl groups is 1. The molecule has 0 unspecified atom stereocenters. The maximum absolute atomic E-state index is 9.20. The van der Waals surface area contributed by atoms with Crippen LogP contribution in [0.15, 0.2) is 47.8 Å². The van der Waals surface area contributed by atoms with Gasteiger partial charge in [0, 0.05) is 38.0 Å². The van der Waals surface area contributed by atoms with Gasteiger partial charge in [-0.2, -0.15) is 0 Å². The van der Waals surface area contributed by atoms with Crippen molar-refractivity contribution in [3.8, 4) is 0 Å². The van der Waals surface area contributed by atoms with Gasteiger partial charge in [0.25, 0.3) is 0 Å². The van der Waals surface area contributed by atoms with Crippen molar-refractivity contribution in [2.45, 2.75) is 26.3 Å². The predicted molar refractivity (Wildman–Crippen MR) is 101 cm³/mol. The van der Waals surface area contributed by atoms with Gasteiger partial charge in [0.2, 0.25) is 0 Å². The van der Waals surface area contributed by atoms with E-state index in [0.717, 1.165) is 37.5 Å². The summed E-state index contributed by atoms with van der Waals surface area (Å²) in [6.45, 7) is 5.06. The molecule has 2 aromatic carbocycles. The lowest BCUT2D eigenvalue weighted by Gasteiger charge is -2.22. The Morgan fingerprint density at radius 2 is 1.92 bits per heavy atom. The number of nitrogens with zero attached hydrogens (tertiary/aromatic N) is 2. The van der Waals surface area contributed by atoms with Crippen LogP contribution < -0.4 is 0 Å². The van der Waals surface area contributed by atoms with Crippen LogP contribution in [0, 0.1) is 6.92 Å². The summed E-state index contributed by atoms with van der Waals surface area (Å²) >= 11 is 1.71. The van der Waals surface area contributed by atoms with E-state index in [-0.39, 0.29) is 6.61 Å². The predicted octanol–water partition coefficient (Wildman–Crippen LogP) is 4.03. The number of thiazole rings is 1. The first kappa shape index (κ1) is 17.1. The Hall–Kier alpha value is -1.75. The highest BCUT2D eigenvalue weighted by Gasteiger charge is 2.09. The molecule has 0 aliphatic carbocycles. The summed E-state index contributed by atoms with van der Waals surface area (Å²) < 4.78 is 0. The van der Waals surface area contributed by atoms with Gasteiger partial charge in [-0.25, -0.2) is 4.98 Å². The summed E-state index contributed by atoms with van der Waals surface area (Å²) in [4.78, 5) is 6.99. The van der Waals surface area contributed by atoms with Crippen LogP contribution in [-0.2, 0) is 13.0 Å². The minimum absolute atomic E-state index is 0.238. The molecular formula is C20H24N2OS. The molecule has 0 aliphatic heterocycles. The molecule has 4 heteroatoms. The summed E-state index contributed by atoms with van der Waals surface area (Å²) in [5.41, 5.74) is 2.52. The van der Waals surface area contributed by atoms with Crippen molar-refractivity contribution in [2.24, 2.45) is 0 Å². The first-order chi connectivity index (χ1) is 11.8. The smallest absolute Gasteiger partial charge is 0.0897 e. The Kier molecular flexibility index (Phi) is 5.96. The van der Waals surface area contributed by atoms with E-state index in [1.165, 1.54) is 22.0 Å². The minimum atomic E-state index is 0.238. The molecule has 1 heterocycles. The quantitative estimate of drug-likeness (QED) is 0.672.